The summed E-state index contributed by atoms with van der Waals surface area (Å²) in [5.74, 6) is 1.26. The Morgan fingerprint density at radius 2 is 1.78 bits per heavy atom. The topological polar surface area (TPSA) is 96.0 Å². The highest BCUT2D eigenvalue weighted by molar-refractivity contribution is 5.96. The SMILES string of the molecule is COC(=O)Nc1cnc(C=O)c(C)c1-c1ccc(OC)c(OC)c1OCc1ccccc1. The molecule has 0 aliphatic heterocycles. The Morgan fingerprint density at radius 1 is 1.03 bits per heavy atom. The van der Waals surface area contributed by atoms with Crippen LogP contribution in [0.1, 0.15) is 21.6 Å². The lowest BCUT2D eigenvalue weighted by Crippen LogP contribution is -2.13. The second kappa shape index (κ2) is 10.3. The van der Waals surface area contributed by atoms with Gasteiger partial charge in [-0.15, -0.1) is 0 Å². The minimum Gasteiger partial charge on any atom is -0.493 e. The Bertz CT molecular complexity index is 1120. The second-order valence-electron chi connectivity index (χ2n) is 6.74. The summed E-state index contributed by atoms with van der Waals surface area (Å²) in [4.78, 5) is 27.6. The first-order valence-corrected chi connectivity index (χ1v) is 9.75. The average Bonchev–Trinajstić information content (AvgIpc) is 2.83. The first-order valence-electron chi connectivity index (χ1n) is 9.75. The van der Waals surface area contributed by atoms with Crippen molar-refractivity contribution in [3.05, 3.63) is 65.5 Å². The third-order valence-electron chi connectivity index (χ3n) is 4.89. The summed E-state index contributed by atoms with van der Waals surface area (Å²) in [6.45, 7) is 2.01. The predicted octanol–water partition coefficient (Wildman–Crippen LogP) is 4.64. The van der Waals surface area contributed by atoms with Crippen LogP contribution in [-0.2, 0) is 11.3 Å². The summed E-state index contributed by atoms with van der Waals surface area (Å²) in [7, 11) is 4.31. The first-order chi connectivity index (χ1) is 15.5. The van der Waals surface area contributed by atoms with Crippen LogP contribution in [0.4, 0.5) is 10.5 Å². The lowest BCUT2D eigenvalue weighted by atomic mass is 9.96. The number of carbonyl (C=O) groups excluding carboxylic acids is 2. The van der Waals surface area contributed by atoms with Crippen LogP contribution in [0.2, 0.25) is 0 Å². The van der Waals surface area contributed by atoms with Crippen LogP contribution in [0.3, 0.4) is 0 Å². The van der Waals surface area contributed by atoms with Gasteiger partial charge in [-0.3, -0.25) is 15.1 Å². The molecule has 3 rings (SSSR count). The third-order valence-corrected chi connectivity index (χ3v) is 4.89. The van der Waals surface area contributed by atoms with Crippen molar-refractivity contribution in [3.8, 4) is 28.4 Å². The van der Waals surface area contributed by atoms with Crippen LogP contribution in [-0.4, -0.2) is 38.7 Å². The molecule has 2 aromatic carbocycles. The van der Waals surface area contributed by atoms with Gasteiger partial charge in [-0.2, -0.15) is 0 Å². The smallest absolute Gasteiger partial charge is 0.411 e. The number of nitrogens with zero attached hydrogens (tertiary/aromatic N) is 1. The van der Waals surface area contributed by atoms with Crippen molar-refractivity contribution in [2.45, 2.75) is 13.5 Å². The number of anilines is 1. The van der Waals surface area contributed by atoms with Crippen molar-refractivity contribution in [1.82, 2.24) is 4.98 Å². The largest absolute Gasteiger partial charge is 0.493 e. The van der Waals surface area contributed by atoms with Gasteiger partial charge in [0.2, 0.25) is 5.75 Å². The van der Waals surface area contributed by atoms with E-state index in [1.54, 1.807) is 19.1 Å². The molecule has 0 aliphatic carbocycles. The van der Waals surface area contributed by atoms with Gasteiger partial charge in [0.15, 0.2) is 17.8 Å². The highest BCUT2D eigenvalue weighted by atomic mass is 16.5. The standard InChI is InChI=1S/C24H24N2O6/c1-15-19(13-27)25-12-18(26-24(28)31-4)21(15)17-10-11-20(29-2)23(30-3)22(17)32-14-16-8-6-5-7-9-16/h5-13H,14H2,1-4H3,(H,26,28). The number of benzene rings is 2. The number of methoxy groups -OCH3 is 3. The second-order valence-corrected chi connectivity index (χ2v) is 6.74. The van der Waals surface area contributed by atoms with E-state index in [1.165, 1.54) is 27.5 Å². The van der Waals surface area contributed by atoms with Crippen LogP contribution in [0.15, 0.2) is 48.7 Å². The zero-order chi connectivity index (χ0) is 23.1. The molecule has 0 aliphatic rings. The van der Waals surface area contributed by atoms with Crippen LogP contribution in [0, 0.1) is 6.92 Å². The molecule has 0 atom stereocenters. The molecular weight excluding hydrogens is 412 g/mol. The number of hydrogen-bond acceptors (Lipinski definition) is 7. The molecule has 0 fully saturated rings. The van der Waals surface area contributed by atoms with Gasteiger partial charge in [0, 0.05) is 11.1 Å². The van der Waals surface area contributed by atoms with Crippen LogP contribution < -0.4 is 19.5 Å². The van der Waals surface area contributed by atoms with Crippen LogP contribution in [0.5, 0.6) is 17.2 Å². The molecule has 0 bridgehead atoms. The van der Waals surface area contributed by atoms with Crippen molar-refractivity contribution < 1.29 is 28.5 Å². The fourth-order valence-corrected chi connectivity index (χ4v) is 3.32. The Hall–Kier alpha value is -4.07. The van der Waals surface area contributed by atoms with E-state index in [9.17, 15) is 9.59 Å². The third kappa shape index (κ3) is 4.64. The van der Waals surface area contributed by atoms with Gasteiger partial charge in [-0.05, 0) is 30.2 Å². The summed E-state index contributed by atoms with van der Waals surface area (Å²) < 4.78 is 22.0. The van der Waals surface area contributed by atoms with Gasteiger partial charge in [0.1, 0.15) is 12.3 Å². The fraction of sp³-hybridized carbons (Fsp3) is 0.208. The Kier molecular flexibility index (Phi) is 7.28. The number of rotatable bonds is 8. The molecule has 0 saturated heterocycles. The van der Waals surface area contributed by atoms with Crippen molar-refractivity contribution in [2.24, 2.45) is 0 Å². The number of aromatic nitrogens is 1. The summed E-state index contributed by atoms with van der Waals surface area (Å²) in [5, 5.41) is 2.65. The summed E-state index contributed by atoms with van der Waals surface area (Å²) >= 11 is 0. The van der Waals surface area contributed by atoms with E-state index in [2.05, 4.69) is 10.3 Å². The van der Waals surface area contributed by atoms with Crippen molar-refractivity contribution >= 4 is 18.1 Å². The van der Waals surface area contributed by atoms with Gasteiger partial charge < -0.3 is 18.9 Å². The van der Waals surface area contributed by atoms with Crippen molar-refractivity contribution in [1.29, 1.82) is 0 Å². The molecule has 0 unspecified atom stereocenters. The zero-order valence-electron chi connectivity index (χ0n) is 18.3. The quantitative estimate of drug-likeness (QED) is 0.514. The maximum absolute atomic E-state index is 11.9. The van der Waals surface area contributed by atoms with E-state index in [4.69, 9.17) is 18.9 Å². The van der Waals surface area contributed by atoms with Crippen LogP contribution in [0.25, 0.3) is 11.1 Å². The lowest BCUT2D eigenvalue weighted by molar-refractivity contribution is 0.111. The summed E-state index contributed by atoms with van der Waals surface area (Å²) in [6.07, 6.45) is 1.39. The molecular formula is C24H24N2O6. The molecule has 3 aromatic rings. The van der Waals surface area contributed by atoms with Crippen molar-refractivity contribution in [2.75, 3.05) is 26.6 Å². The Balaban J connectivity index is 2.22. The molecule has 0 saturated carbocycles. The number of hydrogen-bond donors (Lipinski definition) is 1. The van der Waals surface area contributed by atoms with Crippen molar-refractivity contribution in [3.63, 3.8) is 0 Å². The molecule has 1 aromatic heterocycles. The molecule has 8 heteroatoms. The molecule has 0 radical (unpaired) electrons. The number of carbonyl (C=O) groups is 2. The predicted molar refractivity (Wildman–Crippen MR) is 120 cm³/mol. The van der Waals surface area contributed by atoms with Gasteiger partial charge in [0.05, 0.1) is 33.2 Å². The van der Waals surface area contributed by atoms with E-state index < -0.39 is 6.09 Å². The fourth-order valence-electron chi connectivity index (χ4n) is 3.32. The molecule has 1 amide bonds. The Morgan fingerprint density at radius 3 is 2.41 bits per heavy atom. The number of nitrogens with one attached hydrogen (secondary N) is 1. The molecule has 1 heterocycles. The minimum atomic E-state index is -0.668. The van der Waals surface area contributed by atoms with Crippen LogP contribution >= 0.6 is 0 Å². The first kappa shape index (κ1) is 22.6. The number of amides is 1. The number of aldehydes is 1. The normalized spacial score (nSPS) is 10.2. The summed E-state index contributed by atoms with van der Waals surface area (Å²) in [5.41, 5.74) is 3.25. The van der Waals surface area contributed by atoms with E-state index in [0.717, 1.165) is 5.56 Å². The van der Waals surface area contributed by atoms with E-state index in [1.807, 2.05) is 30.3 Å². The average molecular weight is 436 g/mol. The number of ether oxygens (including phenoxy) is 4. The zero-order valence-corrected chi connectivity index (χ0v) is 18.3. The Labute approximate surface area is 186 Å². The van der Waals surface area contributed by atoms with Gasteiger partial charge in [0.25, 0.3) is 0 Å². The maximum atomic E-state index is 11.9. The number of pyridine rings is 1. The lowest BCUT2D eigenvalue weighted by Gasteiger charge is -2.21. The van der Waals surface area contributed by atoms with E-state index in [0.29, 0.717) is 45.9 Å². The molecule has 32 heavy (non-hydrogen) atoms. The summed E-state index contributed by atoms with van der Waals surface area (Å²) in [6, 6.07) is 13.2. The maximum Gasteiger partial charge on any atom is 0.411 e. The highest BCUT2D eigenvalue weighted by Gasteiger charge is 2.23. The minimum absolute atomic E-state index is 0.235. The van der Waals surface area contributed by atoms with Gasteiger partial charge in [-0.25, -0.2) is 4.79 Å². The molecule has 8 nitrogen and oxygen atoms in total. The molecule has 166 valence electrons. The molecule has 1 N–H and O–H groups in total. The molecule has 0 spiro atoms. The van der Waals surface area contributed by atoms with Gasteiger partial charge >= 0.3 is 6.09 Å². The van der Waals surface area contributed by atoms with E-state index in [-0.39, 0.29) is 12.3 Å². The highest BCUT2D eigenvalue weighted by Crippen LogP contribution is 2.47. The van der Waals surface area contributed by atoms with E-state index >= 15 is 0 Å². The van der Waals surface area contributed by atoms with Gasteiger partial charge in [-0.1, -0.05) is 30.3 Å². The monoisotopic (exact) mass is 436 g/mol.